The normalized spacial score (nSPS) is 8.75. The Bertz CT molecular complexity index is 722. The van der Waals surface area contributed by atoms with Crippen LogP contribution in [0.2, 0.25) is 0 Å². The van der Waals surface area contributed by atoms with Crippen molar-refractivity contribution >= 4 is 34.2 Å². The van der Waals surface area contributed by atoms with E-state index in [2.05, 4.69) is 5.32 Å². The summed E-state index contributed by atoms with van der Waals surface area (Å²) in [5.41, 5.74) is -1.96. The Morgan fingerprint density at radius 3 is 2.30 bits per heavy atom. The van der Waals surface area contributed by atoms with Gasteiger partial charge in [-0.1, -0.05) is 0 Å². The van der Waals surface area contributed by atoms with Gasteiger partial charge in [0.15, 0.2) is 11.4 Å². The van der Waals surface area contributed by atoms with E-state index in [1.165, 1.54) is 24.3 Å². The summed E-state index contributed by atoms with van der Waals surface area (Å²) in [6, 6.07) is 6.88. The number of carboxylic acid groups (broad SMARTS) is 1. The van der Waals surface area contributed by atoms with E-state index in [9.17, 15) is 9.18 Å². The monoisotopic (exact) mass is 382 g/mol. The molecule has 1 rings (SSSR count). The largest absolute Gasteiger partial charge is 0.478 e. The second kappa shape index (κ2) is 6.50. The minimum absolute atomic E-state index is 0.128. The Morgan fingerprint density at radius 1 is 1.25 bits per heavy atom. The number of anilines is 1. The Labute approximate surface area is 126 Å². The molecule has 0 saturated heterocycles. The van der Waals surface area contributed by atoms with Crippen molar-refractivity contribution in [1.29, 1.82) is 15.8 Å². The van der Waals surface area contributed by atoms with Crippen LogP contribution in [-0.4, -0.2) is 11.1 Å². The van der Waals surface area contributed by atoms with Crippen molar-refractivity contribution in [1.82, 2.24) is 0 Å². The van der Waals surface area contributed by atoms with Crippen LogP contribution < -0.4 is 5.32 Å². The smallest absolute Gasteiger partial charge is 0.337 e. The van der Waals surface area contributed by atoms with Gasteiger partial charge in [0.05, 0.1) is 14.8 Å². The van der Waals surface area contributed by atoms with Crippen LogP contribution in [0.1, 0.15) is 10.4 Å². The molecule has 0 unspecified atom stereocenters. The van der Waals surface area contributed by atoms with E-state index < -0.39 is 34.3 Å². The maximum atomic E-state index is 14.0. The Hall–Kier alpha value is -2.64. The molecule has 0 aliphatic rings. The van der Waals surface area contributed by atoms with E-state index in [1.54, 1.807) is 22.6 Å². The van der Waals surface area contributed by atoms with E-state index in [0.29, 0.717) is 0 Å². The fourth-order valence-corrected chi connectivity index (χ4v) is 1.71. The summed E-state index contributed by atoms with van der Waals surface area (Å²) in [5, 5.41) is 37.4. The highest BCUT2D eigenvalue weighted by molar-refractivity contribution is 14.1. The number of nitrogens with one attached hydrogen (secondary N) is 1. The highest BCUT2D eigenvalue weighted by Gasteiger charge is 2.19. The number of rotatable bonds is 3. The number of aromatic carboxylic acids is 1. The van der Waals surface area contributed by atoms with E-state index in [-0.39, 0.29) is 3.57 Å². The molecule has 0 heterocycles. The quantitative estimate of drug-likeness (QED) is 0.612. The van der Waals surface area contributed by atoms with E-state index in [0.717, 1.165) is 6.07 Å². The van der Waals surface area contributed by atoms with Crippen molar-refractivity contribution in [3.63, 3.8) is 0 Å². The molecule has 2 N–H and O–H groups in total. The molecule has 0 radical (unpaired) electrons. The van der Waals surface area contributed by atoms with Crippen molar-refractivity contribution in [3.05, 3.63) is 38.4 Å². The first kappa shape index (κ1) is 15.4. The van der Waals surface area contributed by atoms with Crippen molar-refractivity contribution in [2.45, 2.75) is 0 Å². The van der Waals surface area contributed by atoms with Crippen LogP contribution in [0.25, 0.3) is 0 Å². The first-order valence-electron chi connectivity index (χ1n) is 4.89. The van der Waals surface area contributed by atoms with Gasteiger partial charge in [0.1, 0.15) is 23.9 Å². The molecule has 6 nitrogen and oxygen atoms in total. The summed E-state index contributed by atoms with van der Waals surface area (Å²) >= 11 is 1.65. The number of halogens is 2. The third kappa shape index (κ3) is 3.02. The number of nitriles is 3. The van der Waals surface area contributed by atoms with E-state index >= 15 is 0 Å². The molecule has 8 heteroatoms. The van der Waals surface area contributed by atoms with Crippen molar-refractivity contribution in [2.75, 3.05) is 5.32 Å². The molecule has 1 aromatic rings. The summed E-state index contributed by atoms with van der Waals surface area (Å²) in [6.45, 7) is 0. The predicted molar refractivity (Wildman–Crippen MR) is 73.6 cm³/mol. The number of carbonyl (C=O) groups is 1. The molecule has 0 amide bonds. The average Bonchev–Trinajstić information content (AvgIpc) is 2.43. The number of nitrogens with zero attached hydrogens (tertiary/aromatic N) is 3. The van der Waals surface area contributed by atoms with Gasteiger partial charge in [-0.15, -0.1) is 0 Å². The molecule has 0 fully saturated rings. The Balaban J connectivity index is 3.50. The zero-order valence-corrected chi connectivity index (χ0v) is 11.8. The standard InChI is InChI=1S/C12H4FIN4O2/c13-10-8(14)2-1-7(12(19)20)11(10)18-9(5-17)6(3-15)4-16/h1-2,18H,(H,19,20). The SMILES string of the molecule is N#CC(C#N)=C(C#N)Nc1c(C(=O)O)ccc(I)c1F. The fraction of sp³-hybridized carbons (Fsp3) is 0. The Kier molecular flexibility index (Phi) is 5.01. The second-order valence-corrected chi connectivity index (χ2v) is 4.46. The minimum Gasteiger partial charge on any atom is -0.478 e. The molecule has 0 bridgehead atoms. The van der Waals surface area contributed by atoms with Gasteiger partial charge in [-0.2, -0.15) is 15.8 Å². The average molecular weight is 382 g/mol. The van der Waals surface area contributed by atoms with Crippen LogP contribution in [0.15, 0.2) is 23.4 Å². The highest BCUT2D eigenvalue weighted by Crippen LogP contribution is 2.26. The lowest BCUT2D eigenvalue weighted by molar-refractivity contribution is 0.0697. The molecular weight excluding hydrogens is 378 g/mol. The maximum absolute atomic E-state index is 14.0. The van der Waals surface area contributed by atoms with Crippen LogP contribution in [0.4, 0.5) is 10.1 Å². The minimum atomic E-state index is -1.41. The highest BCUT2D eigenvalue weighted by atomic mass is 127. The number of hydrogen-bond acceptors (Lipinski definition) is 5. The topological polar surface area (TPSA) is 121 Å². The summed E-state index contributed by atoms with van der Waals surface area (Å²) in [5.74, 6) is -2.29. The fourth-order valence-electron chi connectivity index (χ4n) is 1.26. The van der Waals surface area contributed by atoms with Gasteiger partial charge in [0.25, 0.3) is 0 Å². The molecule has 20 heavy (non-hydrogen) atoms. The van der Waals surface area contributed by atoms with Gasteiger partial charge < -0.3 is 10.4 Å². The zero-order valence-electron chi connectivity index (χ0n) is 9.61. The third-order valence-electron chi connectivity index (χ3n) is 2.16. The lowest BCUT2D eigenvalue weighted by atomic mass is 10.1. The number of hydrogen-bond donors (Lipinski definition) is 2. The molecule has 0 aliphatic heterocycles. The summed E-state index contributed by atoms with van der Waals surface area (Å²) in [4.78, 5) is 11.0. The van der Waals surface area contributed by atoms with Gasteiger partial charge in [-0.05, 0) is 34.7 Å². The predicted octanol–water partition coefficient (Wildman–Crippen LogP) is 2.37. The first-order valence-corrected chi connectivity index (χ1v) is 5.97. The van der Waals surface area contributed by atoms with Crippen molar-refractivity contribution in [3.8, 4) is 18.2 Å². The molecule has 1 aromatic carbocycles. The van der Waals surface area contributed by atoms with Gasteiger partial charge in [0, 0.05) is 0 Å². The van der Waals surface area contributed by atoms with Gasteiger partial charge in [0.2, 0.25) is 0 Å². The molecule has 0 aliphatic carbocycles. The van der Waals surface area contributed by atoms with Crippen LogP contribution in [-0.2, 0) is 0 Å². The summed E-state index contributed by atoms with van der Waals surface area (Å²) in [7, 11) is 0. The van der Waals surface area contributed by atoms with Crippen LogP contribution in [0, 0.1) is 43.4 Å². The van der Waals surface area contributed by atoms with Crippen LogP contribution >= 0.6 is 22.6 Å². The van der Waals surface area contributed by atoms with E-state index in [4.69, 9.17) is 20.9 Å². The summed E-state index contributed by atoms with van der Waals surface area (Å²) in [6.07, 6.45) is 0. The second-order valence-electron chi connectivity index (χ2n) is 3.30. The molecule has 0 aromatic heterocycles. The van der Waals surface area contributed by atoms with Crippen LogP contribution in [0.5, 0.6) is 0 Å². The van der Waals surface area contributed by atoms with E-state index in [1.807, 2.05) is 0 Å². The molecule has 0 atom stereocenters. The maximum Gasteiger partial charge on any atom is 0.337 e. The number of carboxylic acids is 1. The number of benzene rings is 1. The van der Waals surface area contributed by atoms with Gasteiger partial charge >= 0.3 is 5.97 Å². The lowest BCUT2D eigenvalue weighted by Crippen LogP contribution is -2.10. The molecule has 0 spiro atoms. The van der Waals surface area contributed by atoms with Crippen molar-refractivity contribution < 1.29 is 14.3 Å². The number of allylic oxidation sites excluding steroid dienone is 2. The summed E-state index contributed by atoms with van der Waals surface area (Å²) < 4.78 is 14.1. The van der Waals surface area contributed by atoms with Gasteiger partial charge in [-0.3, -0.25) is 0 Å². The third-order valence-corrected chi connectivity index (χ3v) is 2.99. The van der Waals surface area contributed by atoms with Gasteiger partial charge in [-0.25, -0.2) is 9.18 Å². The zero-order chi connectivity index (χ0) is 15.3. The first-order chi connectivity index (χ1) is 9.46. The Morgan fingerprint density at radius 2 is 1.85 bits per heavy atom. The van der Waals surface area contributed by atoms with Crippen LogP contribution in [0.3, 0.4) is 0 Å². The molecule has 98 valence electrons. The van der Waals surface area contributed by atoms with Crippen molar-refractivity contribution in [2.24, 2.45) is 0 Å². The molecule has 0 saturated carbocycles. The molecular formula is C12H4FIN4O2. The lowest BCUT2D eigenvalue weighted by Gasteiger charge is -2.10.